The van der Waals surface area contributed by atoms with Crippen molar-refractivity contribution in [1.82, 2.24) is 14.0 Å². The summed E-state index contributed by atoms with van der Waals surface area (Å²) in [6.45, 7) is 9.63. The molecule has 0 radical (unpaired) electrons. The van der Waals surface area contributed by atoms with Crippen molar-refractivity contribution in [3.8, 4) is 0 Å². The maximum Gasteiger partial charge on any atom is 0.341 e. The van der Waals surface area contributed by atoms with Crippen LogP contribution >= 0.6 is 0 Å². The van der Waals surface area contributed by atoms with Crippen molar-refractivity contribution in [2.24, 2.45) is 10.4 Å². The molecule has 0 bridgehead atoms. The van der Waals surface area contributed by atoms with Gasteiger partial charge in [-0.05, 0) is 31.5 Å². The van der Waals surface area contributed by atoms with Crippen LogP contribution in [0.25, 0.3) is 16.7 Å². The van der Waals surface area contributed by atoms with Crippen LogP contribution in [-0.2, 0) is 16.1 Å². The number of aromatic nitrogens is 3. The second-order valence-electron chi connectivity index (χ2n) is 8.36. The number of carbonyl (C=O) groups is 2. The molecule has 1 amide bonds. The van der Waals surface area contributed by atoms with Gasteiger partial charge in [0, 0.05) is 18.2 Å². The molecular formula is C23H28N4O4. The highest BCUT2D eigenvalue weighted by Crippen LogP contribution is 2.16. The zero-order valence-electron chi connectivity index (χ0n) is 18.6. The van der Waals surface area contributed by atoms with Crippen molar-refractivity contribution in [3.63, 3.8) is 0 Å². The van der Waals surface area contributed by atoms with E-state index in [2.05, 4.69) is 9.98 Å². The fourth-order valence-corrected chi connectivity index (χ4v) is 3.15. The molecule has 0 aliphatic carbocycles. The van der Waals surface area contributed by atoms with Gasteiger partial charge in [-0.25, -0.2) is 9.78 Å². The predicted molar refractivity (Wildman–Crippen MR) is 118 cm³/mol. The average Bonchev–Trinajstić information content (AvgIpc) is 2.72. The Bertz CT molecular complexity index is 1280. The molecule has 8 nitrogen and oxygen atoms in total. The number of ether oxygens (including phenoxy) is 1. The Morgan fingerprint density at radius 3 is 2.58 bits per heavy atom. The van der Waals surface area contributed by atoms with Gasteiger partial charge in [0.2, 0.25) is 0 Å². The summed E-state index contributed by atoms with van der Waals surface area (Å²) in [7, 11) is 0. The van der Waals surface area contributed by atoms with Gasteiger partial charge in [0.05, 0.1) is 12.0 Å². The van der Waals surface area contributed by atoms with E-state index in [-0.39, 0.29) is 34.5 Å². The number of unbranched alkanes of at least 4 members (excludes halogenated alkanes) is 1. The van der Waals surface area contributed by atoms with Crippen LogP contribution < -0.4 is 11.0 Å². The van der Waals surface area contributed by atoms with E-state index in [0.29, 0.717) is 17.8 Å². The molecule has 31 heavy (non-hydrogen) atoms. The molecule has 3 aromatic rings. The Balaban J connectivity index is 2.52. The number of nitrogens with zero attached hydrogens (tertiary/aromatic N) is 4. The average molecular weight is 425 g/mol. The summed E-state index contributed by atoms with van der Waals surface area (Å²) in [4.78, 5) is 47.8. The molecule has 0 N–H and O–H groups in total. The highest BCUT2D eigenvalue weighted by atomic mass is 16.5. The van der Waals surface area contributed by atoms with Crippen molar-refractivity contribution in [3.05, 3.63) is 51.9 Å². The van der Waals surface area contributed by atoms with Crippen LogP contribution in [-0.4, -0.2) is 32.4 Å². The smallest absolute Gasteiger partial charge is 0.341 e. The molecule has 0 fully saturated rings. The van der Waals surface area contributed by atoms with E-state index in [1.165, 1.54) is 10.5 Å². The molecule has 0 spiro atoms. The lowest BCUT2D eigenvalue weighted by molar-refractivity contribution is -0.125. The molecule has 0 aliphatic rings. The van der Waals surface area contributed by atoms with Gasteiger partial charge in [-0.15, -0.1) is 0 Å². The third-order valence-electron chi connectivity index (χ3n) is 4.87. The number of amides is 1. The van der Waals surface area contributed by atoms with Crippen molar-refractivity contribution in [2.75, 3.05) is 6.61 Å². The molecule has 164 valence electrons. The normalized spacial score (nSPS) is 12.5. The maximum atomic E-state index is 13.2. The zero-order chi connectivity index (χ0) is 22.8. The Morgan fingerprint density at radius 1 is 1.19 bits per heavy atom. The van der Waals surface area contributed by atoms with Gasteiger partial charge < -0.3 is 9.30 Å². The molecule has 0 atom stereocenters. The van der Waals surface area contributed by atoms with Crippen molar-refractivity contribution in [2.45, 2.75) is 54.0 Å². The molecule has 0 saturated heterocycles. The molecule has 3 rings (SSSR count). The molecular weight excluding hydrogens is 396 g/mol. The van der Waals surface area contributed by atoms with Crippen LogP contribution in [0.5, 0.6) is 0 Å². The minimum atomic E-state index is -0.736. The van der Waals surface area contributed by atoms with Crippen molar-refractivity contribution >= 4 is 28.6 Å². The van der Waals surface area contributed by atoms with Crippen molar-refractivity contribution in [1.29, 1.82) is 0 Å². The SMILES string of the molecule is CCCCn1c(=NC(=O)C(C)(C)C)c(C(=O)OCC)cc2c(=O)n3ccccc3nc21. The lowest BCUT2D eigenvalue weighted by Gasteiger charge is -2.17. The highest BCUT2D eigenvalue weighted by molar-refractivity contribution is 5.94. The first kappa shape index (κ1) is 22.4. The summed E-state index contributed by atoms with van der Waals surface area (Å²) in [5, 5.41) is 0.269. The number of hydrogen-bond acceptors (Lipinski definition) is 5. The largest absolute Gasteiger partial charge is 0.462 e. The summed E-state index contributed by atoms with van der Waals surface area (Å²) in [5.41, 5.74) is 0.0784. The second kappa shape index (κ2) is 8.83. The van der Waals surface area contributed by atoms with Crippen LogP contribution in [0.4, 0.5) is 0 Å². The third-order valence-corrected chi connectivity index (χ3v) is 4.87. The Morgan fingerprint density at radius 2 is 1.94 bits per heavy atom. The highest BCUT2D eigenvalue weighted by Gasteiger charge is 2.24. The molecule has 8 heteroatoms. The number of fused-ring (bicyclic) bond motifs is 2. The summed E-state index contributed by atoms with van der Waals surface area (Å²) in [6, 6.07) is 6.72. The van der Waals surface area contributed by atoms with Crippen molar-refractivity contribution < 1.29 is 14.3 Å². The van der Waals surface area contributed by atoms with E-state index in [9.17, 15) is 14.4 Å². The quantitative estimate of drug-likeness (QED) is 0.463. The molecule has 0 saturated carbocycles. The van der Waals surface area contributed by atoms with Gasteiger partial charge in [0.25, 0.3) is 11.5 Å². The predicted octanol–water partition coefficient (Wildman–Crippen LogP) is 3.10. The molecule has 0 aliphatic heterocycles. The van der Waals surface area contributed by atoms with E-state index in [4.69, 9.17) is 4.74 Å². The fraction of sp³-hybridized carbons (Fsp3) is 0.435. The number of esters is 1. The number of carbonyl (C=O) groups excluding carboxylic acids is 2. The van der Waals surface area contributed by atoms with Gasteiger partial charge in [-0.3, -0.25) is 14.0 Å². The van der Waals surface area contributed by atoms with E-state index in [1.807, 2.05) is 6.92 Å². The van der Waals surface area contributed by atoms with Gasteiger partial charge in [-0.1, -0.05) is 40.2 Å². The second-order valence-corrected chi connectivity index (χ2v) is 8.36. The van der Waals surface area contributed by atoms with Crippen LogP contribution in [0.2, 0.25) is 0 Å². The lowest BCUT2D eigenvalue weighted by atomic mass is 9.96. The zero-order valence-corrected chi connectivity index (χ0v) is 18.6. The van der Waals surface area contributed by atoms with Gasteiger partial charge in [0.1, 0.15) is 16.9 Å². The van der Waals surface area contributed by atoms with E-state index < -0.39 is 11.4 Å². The van der Waals surface area contributed by atoms with Crippen LogP contribution in [0, 0.1) is 5.41 Å². The van der Waals surface area contributed by atoms with Gasteiger partial charge >= 0.3 is 5.97 Å². The number of hydrogen-bond donors (Lipinski definition) is 0. The number of rotatable bonds is 5. The first-order valence-corrected chi connectivity index (χ1v) is 10.5. The van der Waals surface area contributed by atoms with Gasteiger partial charge in [0.15, 0.2) is 5.49 Å². The summed E-state index contributed by atoms with van der Waals surface area (Å²) in [6.07, 6.45) is 3.26. The first-order chi connectivity index (χ1) is 14.7. The molecule has 3 heterocycles. The maximum absolute atomic E-state index is 13.2. The third kappa shape index (κ3) is 4.42. The van der Waals surface area contributed by atoms with Crippen LogP contribution in [0.3, 0.4) is 0 Å². The fourth-order valence-electron chi connectivity index (χ4n) is 3.15. The Hall–Kier alpha value is -3.29. The first-order valence-electron chi connectivity index (χ1n) is 10.5. The van der Waals surface area contributed by atoms with Crippen LogP contribution in [0.15, 0.2) is 40.2 Å². The van der Waals surface area contributed by atoms with Gasteiger partial charge in [-0.2, -0.15) is 4.99 Å². The van der Waals surface area contributed by atoms with E-state index in [0.717, 1.165) is 12.8 Å². The lowest BCUT2D eigenvalue weighted by Crippen LogP contribution is -2.34. The molecule has 0 aromatic carbocycles. The monoisotopic (exact) mass is 424 g/mol. The standard InChI is InChI=1S/C23H28N4O4/c1-6-8-12-27-18-15(20(28)26-13-10-9-11-17(26)24-18)14-16(21(29)31-7-2)19(27)25-22(30)23(3,4)5/h9-11,13-14H,6-8,12H2,1-5H3. The van der Waals surface area contributed by atoms with E-state index >= 15 is 0 Å². The minimum absolute atomic E-state index is 0.0813. The summed E-state index contributed by atoms with van der Waals surface area (Å²) in [5.74, 6) is -1.01. The molecule has 3 aromatic heterocycles. The Kier molecular flexibility index (Phi) is 6.38. The number of aryl methyl sites for hydroxylation is 1. The summed E-state index contributed by atoms with van der Waals surface area (Å²) < 4.78 is 8.35. The summed E-state index contributed by atoms with van der Waals surface area (Å²) >= 11 is 0. The Labute approximate surface area is 180 Å². The number of pyridine rings is 2. The minimum Gasteiger partial charge on any atom is -0.462 e. The van der Waals surface area contributed by atoms with E-state index in [1.54, 1.807) is 56.7 Å². The van der Waals surface area contributed by atoms with Crippen LogP contribution in [0.1, 0.15) is 57.8 Å². The molecule has 0 unspecified atom stereocenters. The topological polar surface area (TPSA) is 95.0 Å².